The van der Waals surface area contributed by atoms with Crippen molar-refractivity contribution in [2.45, 2.75) is 27.3 Å². The maximum atomic E-state index is 12.0. The van der Waals surface area contributed by atoms with Crippen molar-refractivity contribution in [2.75, 3.05) is 12.4 Å². The number of carbonyl (C=O) groups excluding carboxylic acids is 1. The van der Waals surface area contributed by atoms with Gasteiger partial charge in [0.1, 0.15) is 5.75 Å². The zero-order chi connectivity index (χ0) is 13.7. The lowest BCUT2D eigenvalue weighted by Crippen LogP contribution is -2.24. The topological polar surface area (TPSA) is 64.3 Å². The van der Waals surface area contributed by atoms with Gasteiger partial charge in [-0.3, -0.25) is 4.79 Å². The Hall–Kier alpha value is -1.55. The van der Waals surface area contributed by atoms with Crippen molar-refractivity contribution in [2.24, 2.45) is 17.6 Å². The third-order valence-electron chi connectivity index (χ3n) is 3.17. The first kappa shape index (κ1) is 14.5. The number of benzene rings is 1. The third-order valence-corrected chi connectivity index (χ3v) is 3.17. The molecule has 1 unspecified atom stereocenters. The minimum atomic E-state index is -0.0381. The van der Waals surface area contributed by atoms with E-state index in [1.54, 1.807) is 7.11 Å². The van der Waals surface area contributed by atoms with Gasteiger partial charge in [-0.1, -0.05) is 26.8 Å². The second-order valence-corrected chi connectivity index (χ2v) is 4.76. The molecule has 0 aliphatic rings. The summed E-state index contributed by atoms with van der Waals surface area (Å²) in [4.78, 5) is 12.0. The van der Waals surface area contributed by atoms with Crippen molar-refractivity contribution in [3.8, 4) is 5.75 Å². The van der Waals surface area contributed by atoms with Gasteiger partial charge in [-0.05, 0) is 23.6 Å². The van der Waals surface area contributed by atoms with Gasteiger partial charge in [0.15, 0.2) is 0 Å². The molecule has 0 aromatic heterocycles. The summed E-state index contributed by atoms with van der Waals surface area (Å²) < 4.78 is 5.26. The van der Waals surface area contributed by atoms with Crippen LogP contribution in [0, 0.1) is 11.8 Å². The number of nitrogens with two attached hydrogens (primary N) is 1. The van der Waals surface area contributed by atoms with E-state index in [0.717, 1.165) is 5.56 Å². The number of hydrogen-bond acceptors (Lipinski definition) is 3. The molecule has 0 fully saturated rings. The number of rotatable bonds is 5. The fourth-order valence-electron chi connectivity index (χ4n) is 1.52. The predicted octanol–water partition coefficient (Wildman–Crippen LogP) is 2.38. The molecule has 0 bridgehead atoms. The van der Waals surface area contributed by atoms with Crippen LogP contribution >= 0.6 is 0 Å². The average molecular weight is 250 g/mol. The number of ether oxygens (including phenoxy) is 1. The Morgan fingerprint density at radius 1 is 1.39 bits per heavy atom. The normalized spacial score (nSPS) is 12.3. The number of nitrogens with one attached hydrogen (secondary N) is 1. The van der Waals surface area contributed by atoms with Gasteiger partial charge in [-0.15, -0.1) is 0 Å². The van der Waals surface area contributed by atoms with Crippen LogP contribution in [0.1, 0.15) is 26.3 Å². The van der Waals surface area contributed by atoms with Crippen molar-refractivity contribution in [3.05, 3.63) is 23.8 Å². The fraction of sp³-hybridized carbons (Fsp3) is 0.500. The van der Waals surface area contributed by atoms with Crippen LogP contribution in [0.15, 0.2) is 18.2 Å². The molecule has 0 aliphatic heterocycles. The summed E-state index contributed by atoms with van der Waals surface area (Å²) in [5.74, 6) is 0.911. The minimum Gasteiger partial charge on any atom is -0.495 e. The van der Waals surface area contributed by atoms with Crippen LogP contribution in [-0.4, -0.2) is 13.0 Å². The van der Waals surface area contributed by atoms with E-state index >= 15 is 0 Å². The van der Waals surface area contributed by atoms with Crippen LogP contribution < -0.4 is 15.8 Å². The van der Waals surface area contributed by atoms with Crippen LogP contribution in [0.25, 0.3) is 0 Å². The fourth-order valence-corrected chi connectivity index (χ4v) is 1.52. The monoisotopic (exact) mass is 250 g/mol. The molecule has 1 amide bonds. The summed E-state index contributed by atoms with van der Waals surface area (Å²) in [6.45, 7) is 6.42. The highest BCUT2D eigenvalue weighted by molar-refractivity contribution is 5.93. The van der Waals surface area contributed by atoms with Crippen LogP contribution in [0.3, 0.4) is 0 Å². The first-order valence-electron chi connectivity index (χ1n) is 6.17. The second kappa shape index (κ2) is 6.40. The van der Waals surface area contributed by atoms with Crippen LogP contribution in [0.2, 0.25) is 0 Å². The molecule has 1 rings (SSSR count). The quantitative estimate of drug-likeness (QED) is 0.843. The molecule has 0 heterocycles. The number of hydrogen-bond donors (Lipinski definition) is 2. The molecule has 4 heteroatoms. The van der Waals surface area contributed by atoms with Crippen molar-refractivity contribution in [3.63, 3.8) is 0 Å². The van der Waals surface area contributed by atoms with E-state index in [0.29, 0.717) is 23.9 Å². The molecule has 1 aromatic carbocycles. The lowest BCUT2D eigenvalue weighted by atomic mass is 9.97. The molecule has 4 nitrogen and oxygen atoms in total. The van der Waals surface area contributed by atoms with E-state index in [9.17, 15) is 4.79 Å². The Morgan fingerprint density at radius 2 is 2.06 bits per heavy atom. The predicted molar refractivity (Wildman–Crippen MR) is 73.5 cm³/mol. The van der Waals surface area contributed by atoms with Gasteiger partial charge in [-0.25, -0.2) is 0 Å². The number of amides is 1. The van der Waals surface area contributed by atoms with Gasteiger partial charge >= 0.3 is 0 Å². The lowest BCUT2D eigenvalue weighted by molar-refractivity contribution is -0.120. The average Bonchev–Trinajstić information content (AvgIpc) is 2.37. The summed E-state index contributed by atoms with van der Waals surface area (Å²) in [6, 6.07) is 5.56. The van der Waals surface area contributed by atoms with Gasteiger partial charge in [0.25, 0.3) is 0 Å². The molecule has 0 saturated carbocycles. The number of methoxy groups -OCH3 is 1. The smallest absolute Gasteiger partial charge is 0.227 e. The van der Waals surface area contributed by atoms with Gasteiger partial charge in [0.2, 0.25) is 5.91 Å². The van der Waals surface area contributed by atoms with Crippen molar-refractivity contribution >= 4 is 11.6 Å². The van der Waals surface area contributed by atoms with Crippen molar-refractivity contribution < 1.29 is 9.53 Å². The summed E-state index contributed by atoms with van der Waals surface area (Å²) in [5.41, 5.74) is 7.23. The molecular weight excluding hydrogens is 228 g/mol. The Morgan fingerprint density at radius 3 is 2.56 bits per heavy atom. The number of carbonyl (C=O) groups is 1. The number of anilines is 1. The second-order valence-electron chi connectivity index (χ2n) is 4.76. The van der Waals surface area contributed by atoms with Gasteiger partial charge in [-0.2, -0.15) is 0 Å². The molecule has 0 radical (unpaired) electrons. The molecule has 100 valence electrons. The van der Waals surface area contributed by atoms with Crippen molar-refractivity contribution in [1.82, 2.24) is 0 Å². The van der Waals surface area contributed by atoms with E-state index < -0.39 is 0 Å². The minimum absolute atomic E-state index is 0.00352. The first-order valence-corrected chi connectivity index (χ1v) is 6.17. The highest BCUT2D eigenvalue weighted by Crippen LogP contribution is 2.26. The van der Waals surface area contributed by atoms with E-state index in [1.165, 1.54) is 0 Å². The van der Waals surface area contributed by atoms with E-state index in [1.807, 2.05) is 39.0 Å². The summed E-state index contributed by atoms with van der Waals surface area (Å²) in [7, 11) is 1.58. The van der Waals surface area contributed by atoms with Crippen LogP contribution in [-0.2, 0) is 11.3 Å². The van der Waals surface area contributed by atoms with Crippen LogP contribution in [0.5, 0.6) is 5.75 Å². The van der Waals surface area contributed by atoms with Gasteiger partial charge < -0.3 is 15.8 Å². The van der Waals surface area contributed by atoms with Gasteiger partial charge in [0.05, 0.1) is 12.8 Å². The highest BCUT2D eigenvalue weighted by atomic mass is 16.5. The summed E-state index contributed by atoms with van der Waals surface area (Å²) in [5, 5.41) is 2.89. The van der Waals surface area contributed by atoms with E-state index in [-0.39, 0.29) is 11.8 Å². The third kappa shape index (κ3) is 3.47. The Labute approximate surface area is 109 Å². The summed E-state index contributed by atoms with van der Waals surface area (Å²) in [6.07, 6.45) is 0. The maximum Gasteiger partial charge on any atom is 0.227 e. The lowest BCUT2D eigenvalue weighted by Gasteiger charge is -2.17. The molecule has 0 spiro atoms. The maximum absolute atomic E-state index is 12.0. The van der Waals surface area contributed by atoms with Crippen molar-refractivity contribution in [1.29, 1.82) is 0 Å². The molecule has 18 heavy (non-hydrogen) atoms. The molecular formula is C14H22N2O2. The zero-order valence-electron chi connectivity index (χ0n) is 11.5. The molecule has 3 N–H and O–H groups in total. The molecule has 0 saturated heterocycles. The van der Waals surface area contributed by atoms with E-state index in [2.05, 4.69) is 5.32 Å². The standard InChI is InChI=1S/C14H22N2O2/c1-9(2)10(3)14(17)16-12-6-5-11(8-15)7-13(12)18-4/h5-7,9-10H,8,15H2,1-4H3,(H,16,17). The highest BCUT2D eigenvalue weighted by Gasteiger charge is 2.18. The SMILES string of the molecule is COc1cc(CN)ccc1NC(=O)C(C)C(C)C. The van der Waals surface area contributed by atoms with Crippen LogP contribution in [0.4, 0.5) is 5.69 Å². The molecule has 0 aliphatic carbocycles. The van der Waals surface area contributed by atoms with E-state index in [4.69, 9.17) is 10.5 Å². The largest absolute Gasteiger partial charge is 0.495 e. The summed E-state index contributed by atoms with van der Waals surface area (Å²) >= 11 is 0. The molecule has 1 atom stereocenters. The Balaban J connectivity index is 2.87. The Kier molecular flexibility index (Phi) is 5.16. The zero-order valence-corrected chi connectivity index (χ0v) is 11.5. The molecule has 1 aromatic rings. The first-order chi connectivity index (χ1) is 8.49. The Bertz CT molecular complexity index is 416. The van der Waals surface area contributed by atoms with Gasteiger partial charge in [0, 0.05) is 12.5 Å².